The molecule has 0 spiro atoms. The number of aryl methyl sites for hydroxylation is 1. The molecule has 0 amide bonds. The van der Waals surface area contributed by atoms with Crippen molar-refractivity contribution in [3.63, 3.8) is 0 Å². The maximum atomic E-state index is 6.31. The molecular weight excluding hydrogens is 374 g/mol. The molecule has 2 aromatic heterocycles. The number of thiazole rings is 1. The van der Waals surface area contributed by atoms with Gasteiger partial charge >= 0.3 is 0 Å². The lowest BCUT2D eigenvalue weighted by atomic mass is 10.2. The average Bonchev–Trinajstić information content (AvgIpc) is 3.28. The fraction of sp³-hybridized carbons (Fsp3) is 0.600. The SMILES string of the molecule is CNc1ncc(CN2CC(Oc3cnc(N(C)CCOC)cc3C)CC2C)s1. The number of anilines is 2. The number of likely N-dealkylation sites (tertiary alicyclic amines) is 1. The quantitative estimate of drug-likeness (QED) is 0.688. The van der Waals surface area contributed by atoms with Crippen molar-refractivity contribution < 1.29 is 9.47 Å². The van der Waals surface area contributed by atoms with Crippen molar-refractivity contribution in [1.82, 2.24) is 14.9 Å². The van der Waals surface area contributed by atoms with Gasteiger partial charge in [-0.25, -0.2) is 9.97 Å². The van der Waals surface area contributed by atoms with Crippen LogP contribution in [0.1, 0.15) is 23.8 Å². The molecule has 3 heterocycles. The first-order valence-corrected chi connectivity index (χ1v) is 10.5. The lowest BCUT2D eigenvalue weighted by molar-refractivity contribution is 0.194. The first-order valence-electron chi connectivity index (χ1n) is 9.70. The molecule has 0 radical (unpaired) electrons. The zero-order chi connectivity index (χ0) is 20.1. The van der Waals surface area contributed by atoms with E-state index in [1.54, 1.807) is 18.4 Å². The minimum Gasteiger partial charge on any atom is -0.487 e. The maximum absolute atomic E-state index is 6.31. The van der Waals surface area contributed by atoms with E-state index < -0.39 is 0 Å². The van der Waals surface area contributed by atoms with Gasteiger partial charge < -0.3 is 19.7 Å². The van der Waals surface area contributed by atoms with Gasteiger partial charge in [0.25, 0.3) is 0 Å². The Morgan fingerprint density at radius 2 is 2.18 bits per heavy atom. The summed E-state index contributed by atoms with van der Waals surface area (Å²) in [6, 6.07) is 2.57. The van der Waals surface area contributed by atoms with E-state index in [9.17, 15) is 0 Å². The van der Waals surface area contributed by atoms with Gasteiger partial charge in [0.15, 0.2) is 5.13 Å². The number of nitrogens with zero attached hydrogens (tertiary/aromatic N) is 4. The van der Waals surface area contributed by atoms with E-state index in [2.05, 4.69) is 45.0 Å². The number of ether oxygens (including phenoxy) is 2. The van der Waals surface area contributed by atoms with Gasteiger partial charge in [-0.3, -0.25) is 4.90 Å². The van der Waals surface area contributed by atoms with Gasteiger partial charge in [0.05, 0.1) is 12.8 Å². The molecule has 0 aromatic carbocycles. The van der Waals surface area contributed by atoms with Crippen LogP contribution in [0.3, 0.4) is 0 Å². The highest BCUT2D eigenvalue weighted by atomic mass is 32.1. The van der Waals surface area contributed by atoms with Crippen LogP contribution in [-0.4, -0.2) is 67.9 Å². The van der Waals surface area contributed by atoms with E-state index in [-0.39, 0.29) is 6.10 Å². The van der Waals surface area contributed by atoms with E-state index in [0.29, 0.717) is 12.6 Å². The van der Waals surface area contributed by atoms with E-state index in [4.69, 9.17) is 9.47 Å². The lowest BCUT2D eigenvalue weighted by Gasteiger charge is -2.21. The Morgan fingerprint density at radius 1 is 1.36 bits per heavy atom. The van der Waals surface area contributed by atoms with Crippen LogP contribution in [0.2, 0.25) is 0 Å². The van der Waals surface area contributed by atoms with Crippen LogP contribution in [0.15, 0.2) is 18.5 Å². The number of rotatable bonds is 9. The summed E-state index contributed by atoms with van der Waals surface area (Å²) in [7, 11) is 5.64. The first kappa shape index (κ1) is 20.8. The molecule has 2 unspecified atom stereocenters. The monoisotopic (exact) mass is 405 g/mol. The van der Waals surface area contributed by atoms with Crippen molar-refractivity contribution in [2.75, 3.05) is 51.1 Å². The highest BCUT2D eigenvalue weighted by Gasteiger charge is 2.31. The van der Waals surface area contributed by atoms with Gasteiger partial charge in [-0.2, -0.15) is 0 Å². The summed E-state index contributed by atoms with van der Waals surface area (Å²) < 4.78 is 11.5. The van der Waals surface area contributed by atoms with Crippen LogP contribution >= 0.6 is 11.3 Å². The van der Waals surface area contributed by atoms with Crippen molar-refractivity contribution in [2.24, 2.45) is 0 Å². The summed E-state index contributed by atoms with van der Waals surface area (Å²) in [6.45, 7) is 7.68. The van der Waals surface area contributed by atoms with E-state index in [1.165, 1.54) is 4.88 Å². The second-order valence-corrected chi connectivity index (χ2v) is 8.47. The maximum Gasteiger partial charge on any atom is 0.182 e. The molecule has 1 N–H and O–H groups in total. The molecule has 1 saturated heterocycles. The van der Waals surface area contributed by atoms with Gasteiger partial charge in [0, 0.05) is 64.4 Å². The topological polar surface area (TPSA) is 62.8 Å². The summed E-state index contributed by atoms with van der Waals surface area (Å²) in [6.07, 6.45) is 5.02. The Kier molecular flexibility index (Phi) is 7.09. The Morgan fingerprint density at radius 3 is 2.86 bits per heavy atom. The molecule has 2 atom stereocenters. The summed E-state index contributed by atoms with van der Waals surface area (Å²) >= 11 is 1.71. The molecule has 28 heavy (non-hydrogen) atoms. The summed E-state index contributed by atoms with van der Waals surface area (Å²) in [5.41, 5.74) is 1.11. The number of methoxy groups -OCH3 is 1. The van der Waals surface area contributed by atoms with Gasteiger partial charge in [-0.15, -0.1) is 11.3 Å². The molecule has 0 bridgehead atoms. The number of aromatic nitrogens is 2. The van der Waals surface area contributed by atoms with Gasteiger partial charge in [0.2, 0.25) is 0 Å². The molecule has 1 aliphatic rings. The average molecular weight is 406 g/mol. The molecule has 0 aliphatic carbocycles. The normalized spacial score (nSPS) is 19.8. The zero-order valence-electron chi connectivity index (χ0n) is 17.4. The van der Waals surface area contributed by atoms with Gasteiger partial charge in [-0.05, 0) is 25.5 Å². The van der Waals surface area contributed by atoms with Crippen LogP contribution in [0, 0.1) is 6.92 Å². The minimum absolute atomic E-state index is 0.185. The predicted octanol–water partition coefficient (Wildman–Crippen LogP) is 3.01. The Labute approximate surface area is 171 Å². The fourth-order valence-corrected chi connectivity index (χ4v) is 4.22. The second-order valence-electron chi connectivity index (χ2n) is 7.36. The van der Waals surface area contributed by atoms with Crippen LogP contribution in [-0.2, 0) is 11.3 Å². The van der Waals surface area contributed by atoms with Crippen LogP contribution in [0.4, 0.5) is 10.9 Å². The van der Waals surface area contributed by atoms with Crippen LogP contribution in [0.25, 0.3) is 0 Å². The molecule has 0 saturated carbocycles. The predicted molar refractivity (Wildman–Crippen MR) is 115 cm³/mol. The summed E-state index contributed by atoms with van der Waals surface area (Å²) in [4.78, 5) is 14.8. The zero-order valence-corrected chi connectivity index (χ0v) is 18.3. The van der Waals surface area contributed by atoms with Crippen molar-refractivity contribution in [3.8, 4) is 5.75 Å². The van der Waals surface area contributed by atoms with E-state index in [0.717, 1.165) is 48.3 Å². The molecule has 8 heteroatoms. The number of hydrogen-bond acceptors (Lipinski definition) is 8. The third-order valence-electron chi connectivity index (χ3n) is 5.16. The largest absolute Gasteiger partial charge is 0.487 e. The van der Waals surface area contributed by atoms with Crippen molar-refractivity contribution >= 4 is 22.3 Å². The number of hydrogen-bond donors (Lipinski definition) is 1. The van der Waals surface area contributed by atoms with Crippen molar-refractivity contribution in [3.05, 3.63) is 28.9 Å². The molecule has 154 valence electrons. The van der Waals surface area contributed by atoms with Gasteiger partial charge in [-0.1, -0.05) is 0 Å². The Hall–Kier alpha value is -1.90. The van der Waals surface area contributed by atoms with E-state index in [1.807, 2.05) is 26.5 Å². The molecule has 3 rings (SSSR count). The Bertz CT molecular complexity index is 769. The molecule has 2 aromatic rings. The third kappa shape index (κ3) is 5.12. The van der Waals surface area contributed by atoms with Crippen molar-refractivity contribution in [2.45, 2.75) is 39.0 Å². The summed E-state index contributed by atoms with van der Waals surface area (Å²) in [5, 5.41) is 4.07. The fourth-order valence-electron chi connectivity index (χ4n) is 3.43. The molecule has 1 fully saturated rings. The minimum atomic E-state index is 0.185. The number of pyridine rings is 1. The standard InChI is InChI=1S/C20H31N5O2S/c1-14-8-19(24(4)6-7-26-5)22-11-18(14)27-16-9-15(2)25(12-16)13-17-10-23-20(21-3)28-17/h8,10-11,15-16H,6-7,9,12-13H2,1-5H3,(H,21,23). The lowest BCUT2D eigenvalue weighted by Crippen LogP contribution is -2.27. The second kappa shape index (κ2) is 9.54. The number of likely N-dealkylation sites (N-methyl/N-ethyl adjacent to an activating group) is 1. The first-order chi connectivity index (χ1) is 13.5. The third-order valence-corrected chi connectivity index (χ3v) is 6.16. The van der Waals surface area contributed by atoms with E-state index >= 15 is 0 Å². The smallest absolute Gasteiger partial charge is 0.182 e. The number of nitrogens with one attached hydrogen (secondary N) is 1. The molecule has 1 aliphatic heterocycles. The molecular formula is C20H31N5O2S. The van der Waals surface area contributed by atoms with Gasteiger partial charge in [0.1, 0.15) is 17.7 Å². The Balaban J connectivity index is 1.58. The highest BCUT2D eigenvalue weighted by Crippen LogP contribution is 2.29. The van der Waals surface area contributed by atoms with Crippen LogP contribution < -0.4 is 15.0 Å². The molecule has 7 nitrogen and oxygen atoms in total. The summed E-state index contributed by atoms with van der Waals surface area (Å²) in [5.74, 6) is 1.81. The van der Waals surface area contributed by atoms with Crippen molar-refractivity contribution in [1.29, 1.82) is 0 Å². The highest BCUT2D eigenvalue weighted by molar-refractivity contribution is 7.15. The van der Waals surface area contributed by atoms with Crippen LogP contribution in [0.5, 0.6) is 5.75 Å².